The fourth-order valence-corrected chi connectivity index (χ4v) is 1.98. The van der Waals surface area contributed by atoms with Crippen LogP contribution < -0.4 is 5.32 Å². The summed E-state index contributed by atoms with van der Waals surface area (Å²) in [5.41, 5.74) is 2.95. The number of imidazole rings is 1. The van der Waals surface area contributed by atoms with Gasteiger partial charge in [-0.3, -0.25) is 0 Å². The monoisotopic (exact) mass is 302 g/mol. The molecule has 0 radical (unpaired) electrons. The molecule has 0 spiro atoms. The summed E-state index contributed by atoms with van der Waals surface area (Å²) in [5, 5.41) is 3.29. The van der Waals surface area contributed by atoms with Gasteiger partial charge in [-0.1, -0.05) is 6.07 Å². The number of fused-ring (bicyclic) bond motifs is 1. The highest BCUT2D eigenvalue weighted by molar-refractivity contribution is 9.10. The molecule has 90 valence electrons. The van der Waals surface area contributed by atoms with Gasteiger partial charge in [0.15, 0.2) is 0 Å². The second-order valence-electron chi connectivity index (χ2n) is 3.92. The standard InChI is InChI=1S/C13H11BrN4/c14-12-5-4-10(7-16-12)15-8-11-9-18-6-2-1-3-13(18)17-11/h1-7,9,15H,8H2. The predicted octanol–water partition coefficient (Wildman–Crippen LogP) is 3.10. The first-order valence-corrected chi connectivity index (χ1v) is 6.38. The summed E-state index contributed by atoms with van der Waals surface area (Å²) in [6.07, 6.45) is 5.81. The van der Waals surface area contributed by atoms with Gasteiger partial charge in [0.1, 0.15) is 10.3 Å². The summed E-state index contributed by atoms with van der Waals surface area (Å²) >= 11 is 3.31. The Labute approximate surface area is 113 Å². The Kier molecular flexibility index (Phi) is 2.98. The second-order valence-corrected chi connectivity index (χ2v) is 4.73. The van der Waals surface area contributed by atoms with Crippen LogP contribution in [0.4, 0.5) is 5.69 Å². The molecule has 1 N–H and O–H groups in total. The van der Waals surface area contributed by atoms with Crippen molar-refractivity contribution in [2.45, 2.75) is 6.54 Å². The molecule has 0 saturated heterocycles. The summed E-state index contributed by atoms with van der Waals surface area (Å²) in [5.74, 6) is 0. The topological polar surface area (TPSA) is 42.2 Å². The van der Waals surface area contributed by atoms with Gasteiger partial charge in [0.25, 0.3) is 0 Å². The minimum Gasteiger partial charge on any atom is -0.378 e. The fraction of sp³-hybridized carbons (Fsp3) is 0.0769. The minimum atomic E-state index is 0.686. The summed E-state index contributed by atoms with van der Waals surface area (Å²) < 4.78 is 2.84. The lowest BCUT2D eigenvalue weighted by atomic mass is 10.4. The number of hydrogen-bond acceptors (Lipinski definition) is 3. The molecule has 0 fully saturated rings. The molecule has 3 aromatic heterocycles. The van der Waals surface area contributed by atoms with Crippen LogP contribution in [-0.2, 0) is 6.54 Å². The van der Waals surface area contributed by atoms with E-state index >= 15 is 0 Å². The molecule has 0 unspecified atom stereocenters. The lowest BCUT2D eigenvalue weighted by Gasteiger charge is -2.02. The third kappa shape index (κ3) is 2.36. The lowest BCUT2D eigenvalue weighted by molar-refractivity contribution is 1.07. The Bertz CT molecular complexity index is 627. The van der Waals surface area contributed by atoms with E-state index in [0.29, 0.717) is 6.54 Å². The van der Waals surface area contributed by atoms with Gasteiger partial charge in [-0.15, -0.1) is 0 Å². The van der Waals surface area contributed by atoms with Crippen LogP contribution in [0.1, 0.15) is 5.69 Å². The number of nitrogens with zero attached hydrogens (tertiary/aromatic N) is 3. The zero-order valence-corrected chi connectivity index (χ0v) is 11.1. The van der Waals surface area contributed by atoms with E-state index in [1.807, 2.05) is 47.1 Å². The van der Waals surface area contributed by atoms with Crippen molar-refractivity contribution in [3.8, 4) is 0 Å². The Hall–Kier alpha value is -1.88. The van der Waals surface area contributed by atoms with Crippen molar-refractivity contribution in [1.82, 2.24) is 14.4 Å². The van der Waals surface area contributed by atoms with Gasteiger partial charge in [-0.25, -0.2) is 9.97 Å². The average Bonchev–Trinajstić information content (AvgIpc) is 2.81. The highest BCUT2D eigenvalue weighted by Crippen LogP contribution is 2.12. The smallest absolute Gasteiger partial charge is 0.137 e. The molecule has 0 atom stereocenters. The molecule has 0 amide bonds. The maximum atomic E-state index is 4.52. The van der Waals surface area contributed by atoms with Crippen LogP contribution in [0.15, 0.2) is 53.5 Å². The van der Waals surface area contributed by atoms with Gasteiger partial charge in [-0.05, 0) is 40.2 Å². The zero-order valence-electron chi connectivity index (χ0n) is 9.55. The van der Waals surface area contributed by atoms with E-state index < -0.39 is 0 Å². The first-order valence-electron chi connectivity index (χ1n) is 5.59. The molecule has 0 aliphatic heterocycles. The lowest BCUT2D eigenvalue weighted by Crippen LogP contribution is -1.99. The first kappa shape index (κ1) is 11.2. The summed E-state index contributed by atoms with van der Waals surface area (Å²) in [7, 11) is 0. The number of hydrogen-bond donors (Lipinski definition) is 1. The normalized spacial score (nSPS) is 10.7. The number of aromatic nitrogens is 3. The largest absolute Gasteiger partial charge is 0.378 e. The van der Waals surface area contributed by atoms with E-state index in [4.69, 9.17) is 0 Å². The number of pyridine rings is 2. The SMILES string of the molecule is Brc1ccc(NCc2cn3ccccc3n2)cn1. The highest BCUT2D eigenvalue weighted by Gasteiger charge is 2.00. The van der Waals surface area contributed by atoms with E-state index in [-0.39, 0.29) is 0 Å². The molecule has 0 saturated carbocycles. The molecule has 0 aliphatic rings. The van der Waals surface area contributed by atoms with Gasteiger partial charge >= 0.3 is 0 Å². The van der Waals surface area contributed by atoms with Crippen LogP contribution in [0.25, 0.3) is 5.65 Å². The van der Waals surface area contributed by atoms with Crippen molar-refractivity contribution in [1.29, 1.82) is 0 Å². The van der Waals surface area contributed by atoms with Gasteiger partial charge in [0.2, 0.25) is 0 Å². The quantitative estimate of drug-likeness (QED) is 0.756. The van der Waals surface area contributed by atoms with Gasteiger partial charge < -0.3 is 9.72 Å². The summed E-state index contributed by atoms with van der Waals surface area (Å²) in [6.45, 7) is 0.686. The Morgan fingerprint density at radius 1 is 1.22 bits per heavy atom. The molecule has 0 aliphatic carbocycles. The minimum absolute atomic E-state index is 0.686. The van der Waals surface area contributed by atoms with Gasteiger partial charge in [0.05, 0.1) is 24.1 Å². The molecule has 0 bridgehead atoms. The van der Waals surface area contributed by atoms with Gasteiger partial charge in [0, 0.05) is 12.4 Å². The zero-order chi connectivity index (χ0) is 12.4. The molecule has 18 heavy (non-hydrogen) atoms. The van der Waals surface area contributed by atoms with Crippen molar-refractivity contribution >= 4 is 27.3 Å². The van der Waals surface area contributed by atoms with E-state index in [1.54, 1.807) is 6.20 Å². The van der Waals surface area contributed by atoms with E-state index in [1.165, 1.54) is 0 Å². The average molecular weight is 303 g/mol. The fourth-order valence-electron chi connectivity index (χ4n) is 1.75. The number of nitrogens with one attached hydrogen (secondary N) is 1. The van der Waals surface area contributed by atoms with Crippen LogP contribution in [-0.4, -0.2) is 14.4 Å². The van der Waals surface area contributed by atoms with Crippen molar-refractivity contribution in [3.63, 3.8) is 0 Å². The van der Waals surface area contributed by atoms with Crippen LogP contribution in [0.2, 0.25) is 0 Å². The third-order valence-corrected chi connectivity index (χ3v) is 3.08. The van der Waals surface area contributed by atoms with Crippen molar-refractivity contribution in [2.75, 3.05) is 5.32 Å². The van der Waals surface area contributed by atoms with E-state index in [0.717, 1.165) is 21.6 Å². The molecular weight excluding hydrogens is 292 g/mol. The number of rotatable bonds is 3. The van der Waals surface area contributed by atoms with Crippen LogP contribution in [0.3, 0.4) is 0 Å². The maximum absolute atomic E-state index is 4.52. The van der Waals surface area contributed by atoms with Crippen molar-refractivity contribution < 1.29 is 0 Å². The number of anilines is 1. The predicted molar refractivity (Wildman–Crippen MR) is 74.5 cm³/mol. The molecule has 3 heterocycles. The first-order chi connectivity index (χ1) is 8.81. The third-order valence-electron chi connectivity index (χ3n) is 2.61. The summed E-state index contributed by atoms with van der Waals surface area (Å²) in [6, 6.07) is 9.85. The molecule has 0 aromatic carbocycles. The maximum Gasteiger partial charge on any atom is 0.137 e. The molecule has 3 aromatic rings. The van der Waals surface area contributed by atoms with Crippen LogP contribution in [0, 0.1) is 0 Å². The Morgan fingerprint density at radius 2 is 2.17 bits per heavy atom. The summed E-state index contributed by atoms with van der Waals surface area (Å²) in [4.78, 5) is 8.68. The Morgan fingerprint density at radius 3 is 2.94 bits per heavy atom. The molecule has 3 rings (SSSR count). The van der Waals surface area contributed by atoms with Crippen molar-refractivity contribution in [3.05, 3.63) is 59.2 Å². The highest BCUT2D eigenvalue weighted by atomic mass is 79.9. The number of halogens is 1. The van der Waals surface area contributed by atoms with Crippen LogP contribution in [0.5, 0.6) is 0 Å². The molecular formula is C13H11BrN4. The van der Waals surface area contributed by atoms with Crippen LogP contribution >= 0.6 is 15.9 Å². The van der Waals surface area contributed by atoms with E-state index in [2.05, 4.69) is 31.2 Å². The molecule has 4 nitrogen and oxygen atoms in total. The van der Waals surface area contributed by atoms with E-state index in [9.17, 15) is 0 Å². The van der Waals surface area contributed by atoms with Gasteiger partial charge in [-0.2, -0.15) is 0 Å². The van der Waals surface area contributed by atoms with Crippen molar-refractivity contribution in [2.24, 2.45) is 0 Å². The Balaban J connectivity index is 1.74. The second kappa shape index (κ2) is 4.78. The molecule has 5 heteroatoms.